The first-order valence-electron chi connectivity index (χ1n) is 18.7. The molecule has 0 N–H and O–H groups in total. The molecule has 0 saturated heterocycles. The van der Waals surface area contributed by atoms with E-state index >= 15 is 0 Å². The van der Waals surface area contributed by atoms with Crippen LogP contribution in [0.5, 0.6) is 0 Å². The van der Waals surface area contributed by atoms with Crippen molar-refractivity contribution < 1.29 is 4.42 Å². The van der Waals surface area contributed by atoms with Crippen molar-refractivity contribution in [2.75, 3.05) is 4.90 Å². The van der Waals surface area contributed by atoms with Gasteiger partial charge in [0.25, 0.3) is 0 Å². The number of hydrogen-bond donors (Lipinski definition) is 0. The van der Waals surface area contributed by atoms with Crippen molar-refractivity contribution in [1.82, 2.24) is 15.0 Å². The van der Waals surface area contributed by atoms with Gasteiger partial charge < -0.3 is 9.32 Å². The van der Waals surface area contributed by atoms with Crippen LogP contribution in [0, 0.1) is 0 Å². The summed E-state index contributed by atoms with van der Waals surface area (Å²) in [5, 5.41) is 1.95. The number of fused-ring (bicyclic) bond motifs is 3. The molecule has 0 aliphatic heterocycles. The number of para-hydroxylation sites is 2. The minimum atomic E-state index is 0.562. The summed E-state index contributed by atoms with van der Waals surface area (Å²) in [5.74, 6) is 1.75. The van der Waals surface area contributed by atoms with Gasteiger partial charge in [-0.15, -0.1) is 0 Å². The number of benzene rings is 8. The summed E-state index contributed by atoms with van der Waals surface area (Å²) in [6, 6.07) is 71.0. The number of aromatic nitrogens is 3. The number of rotatable bonds is 8. The largest absolute Gasteiger partial charge is 0.456 e. The van der Waals surface area contributed by atoms with E-state index in [0.717, 1.165) is 72.4 Å². The average molecular weight is 719 g/mol. The Kier molecular flexibility index (Phi) is 8.43. The third-order valence-corrected chi connectivity index (χ3v) is 10.1. The molecule has 0 aliphatic carbocycles. The molecule has 264 valence electrons. The van der Waals surface area contributed by atoms with E-state index in [1.165, 1.54) is 5.56 Å². The average Bonchev–Trinajstić information content (AvgIpc) is 3.66. The highest BCUT2D eigenvalue weighted by atomic mass is 16.3. The minimum absolute atomic E-state index is 0.562. The molecule has 0 radical (unpaired) electrons. The Morgan fingerprint density at radius 2 is 0.750 bits per heavy atom. The molecule has 5 nitrogen and oxygen atoms in total. The summed E-state index contributed by atoms with van der Waals surface area (Å²) in [5.41, 5.74) is 11.8. The maximum atomic E-state index is 6.64. The lowest BCUT2D eigenvalue weighted by Crippen LogP contribution is -2.10. The summed E-state index contributed by atoms with van der Waals surface area (Å²) in [6.07, 6.45) is 0. The molecule has 0 amide bonds. The summed E-state index contributed by atoms with van der Waals surface area (Å²) >= 11 is 0. The maximum Gasteiger partial charge on any atom is 0.164 e. The summed E-state index contributed by atoms with van der Waals surface area (Å²) < 4.78 is 6.64. The van der Waals surface area contributed by atoms with E-state index in [1.807, 2.05) is 66.7 Å². The van der Waals surface area contributed by atoms with Crippen LogP contribution in [-0.4, -0.2) is 15.0 Å². The van der Waals surface area contributed by atoms with E-state index in [9.17, 15) is 0 Å². The highest BCUT2D eigenvalue weighted by Gasteiger charge is 2.22. The normalized spacial score (nSPS) is 11.2. The van der Waals surface area contributed by atoms with E-state index in [2.05, 4.69) is 144 Å². The van der Waals surface area contributed by atoms with Gasteiger partial charge in [-0.05, 0) is 58.7 Å². The van der Waals surface area contributed by atoms with Crippen LogP contribution in [0.25, 0.3) is 78.4 Å². The first-order valence-corrected chi connectivity index (χ1v) is 18.7. The first kappa shape index (κ1) is 33.0. The van der Waals surface area contributed by atoms with E-state index < -0.39 is 0 Å². The molecule has 2 aromatic heterocycles. The molecule has 5 heteroatoms. The SMILES string of the molecule is c1ccc(-c2ccc(-c3nc(-c4ccccc4)nc(-c4cc(N(c5ccccc5)c5ccc(-c6ccccc6)cc5)cc5oc6ccccc6c45)n3)cc2)cc1. The maximum absolute atomic E-state index is 6.64. The third-order valence-electron chi connectivity index (χ3n) is 10.1. The summed E-state index contributed by atoms with van der Waals surface area (Å²) in [7, 11) is 0. The molecule has 0 bridgehead atoms. The predicted molar refractivity (Wildman–Crippen MR) is 229 cm³/mol. The Balaban J connectivity index is 1.19. The molecule has 0 fully saturated rings. The van der Waals surface area contributed by atoms with Gasteiger partial charge >= 0.3 is 0 Å². The van der Waals surface area contributed by atoms with Crippen LogP contribution in [0.3, 0.4) is 0 Å². The zero-order chi connectivity index (χ0) is 37.3. The minimum Gasteiger partial charge on any atom is -0.456 e. The molecule has 10 aromatic rings. The van der Waals surface area contributed by atoms with E-state index in [4.69, 9.17) is 19.4 Å². The molecular weight excluding hydrogens is 685 g/mol. The van der Waals surface area contributed by atoms with Crippen molar-refractivity contribution in [3.05, 3.63) is 206 Å². The molecule has 8 aromatic carbocycles. The zero-order valence-corrected chi connectivity index (χ0v) is 30.3. The van der Waals surface area contributed by atoms with Crippen molar-refractivity contribution in [2.24, 2.45) is 0 Å². The number of anilines is 3. The van der Waals surface area contributed by atoms with E-state index in [-0.39, 0.29) is 0 Å². The fraction of sp³-hybridized carbons (Fsp3) is 0. The van der Waals surface area contributed by atoms with Crippen molar-refractivity contribution in [2.45, 2.75) is 0 Å². The van der Waals surface area contributed by atoms with Gasteiger partial charge in [-0.25, -0.2) is 15.0 Å². The number of hydrogen-bond acceptors (Lipinski definition) is 5. The van der Waals surface area contributed by atoms with Crippen LogP contribution in [0.2, 0.25) is 0 Å². The van der Waals surface area contributed by atoms with Crippen LogP contribution >= 0.6 is 0 Å². The van der Waals surface area contributed by atoms with E-state index in [0.29, 0.717) is 17.5 Å². The second-order valence-electron chi connectivity index (χ2n) is 13.7. The monoisotopic (exact) mass is 718 g/mol. The smallest absolute Gasteiger partial charge is 0.164 e. The fourth-order valence-corrected chi connectivity index (χ4v) is 7.39. The molecule has 0 aliphatic rings. The predicted octanol–water partition coefficient (Wildman–Crippen LogP) is 13.6. The van der Waals surface area contributed by atoms with Crippen LogP contribution in [0.15, 0.2) is 211 Å². The lowest BCUT2D eigenvalue weighted by molar-refractivity contribution is 0.669. The van der Waals surface area contributed by atoms with Gasteiger partial charge in [0, 0.05) is 44.9 Å². The molecule has 0 atom stereocenters. The fourth-order valence-electron chi connectivity index (χ4n) is 7.39. The highest BCUT2D eigenvalue weighted by molar-refractivity contribution is 6.13. The molecule has 0 saturated carbocycles. The quantitative estimate of drug-likeness (QED) is 0.157. The van der Waals surface area contributed by atoms with Crippen molar-refractivity contribution in [3.8, 4) is 56.4 Å². The van der Waals surface area contributed by atoms with Crippen molar-refractivity contribution in [1.29, 1.82) is 0 Å². The Morgan fingerprint density at radius 3 is 1.36 bits per heavy atom. The Morgan fingerprint density at radius 1 is 0.321 bits per heavy atom. The topological polar surface area (TPSA) is 55.1 Å². The Bertz CT molecular complexity index is 2930. The molecular formula is C51H34N4O. The van der Waals surface area contributed by atoms with Gasteiger partial charge in [-0.1, -0.05) is 164 Å². The molecule has 0 spiro atoms. The van der Waals surface area contributed by atoms with Gasteiger partial charge in [0.1, 0.15) is 11.2 Å². The second-order valence-corrected chi connectivity index (χ2v) is 13.7. The van der Waals surface area contributed by atoms with Crippen LogP contribution in [0.1, 0.15) is 0 Å². The van der Waals surface area contributed by atoms with Gasteiger partial charge in [-0.2, -0.15) is 0 Å². The Labute approximate surface area is 324 Å². The molecule has 2 heterocycles. The third kappa shape index (κ3) is 6.27. The van der Waals surface area contributed by atoms with Gasteiger partial charge in [-0.3, -0.25) is 0 Å². The molecule has 0 unspecified atom stereocenters. The van der Waals surface area contributed by atoms with Crippen molar-refractivity contribution in [3.63, 3.8) is 0 Å². The standard InChI is InChI=1S/C51H34N4O/c1-5-15-35(16-6-1)37-25-27-40(28-26-37)50-52-49(39-19-9-3-10-20-39)53-51(54-50)45-33-43(34-47-48(45)44-23-13-14-24-46(44)56-47)55(41-21-11-4-12-22-41)42-31-29-38(30-32-42)36-17-7-2-8-18-36/h1-34H. The van der Waals surface area contributed by atoms with Gasteiger partial charge in [0.2, 0.25) is 0 Å². The molecule has 10 rings (SSSR count). The lowest BCUT2D eigenvalue weighted by atomic mass is 10.0. The van der Waals surface area contributed by atoms with Crippen molar-refractivity contribution >= 4 is 39.0 Å². The summed E-state index contributed by atoms with van der Waals surface area (Å²) in [4.78, 5) is 17.8. The van der Waals surface area contributed by atoms with Crippen LogP contribution in [-0.2, 0) is 0 Å². The number of furan rings is 1. The first-order chi connectivity index (χ1) is 27.7. The highest BCUT2D eigenvalue weighted by Crippen LogP contribution is 2.43. The lowest BCUT2D eigenvalue weighted by Gasteiger charge is -2.26. The van der Waals surface area contributed by atoms with E-state index in [1.54, 1.807) is 0 Å². The Hall–Kier alpha value is -7.63. The summed E-state index contributed by atoms with van der Waals surface area (Å²) in [6.45, 7) is 0. The zero-order valence-electron chi connectivity index (χ0n) is 30.3. The number of nitrogens with zero attached hydrogens (tertiary/aromatic N) is 4. The molecule has 56 heavy (non-hydrogen) atoms. The van der Waals surface area contributed by atoms with Gasteiger partial charge in [0.05, 0.1) is 5.69 Å². The second kappa shape index (κ2) is 14.3. The van der Waals surface area contributed by atoms with Crippen LogP contribution < -0.4 is 4.90 Å². The van der Waals surface area contributed by atoms with Gasteiger partial charge in [0.15, 0.2) is 17.5 Å². The van der Waals surface area contributed by atoms with Crippen LogP contribution in [0.4, 0.5) is 17.1 Å².